The highest BCUT2D eigenvalue weighted by atomic mass is 79.9. The molecule has 2 rings (SSSR count). The fourth-order valence-corrected chi connectivity index (χ4v) is 3.01. The highest BCUT2D eigenvalue weighted by molar-refractivity contribution is 9.10. The van der Waals surface area contributed by atoms with Crippen LogP contribution in [0.15, 0.2) is 20.4 Å². The summed E-state index contributed by atoms with van der Waals surface area (Å²) in [5.74, 6) is 1.34. The van der Waals surface area contributed by atoms with Crippen LogP contribution in [-0.2, 0) is 0 Å². The van der Waals surface area contributed by atoms with Crippen molar-refractivity contribution in [2.45, 2.75) is 19.4 Å². The quantitative estimate of drug-likeness (QED) is 0.865. The molecule has 0 amide bonds. The van der Waals surface area contributed by atoms with Crippen molar-refractivity contribution >= 4 is 27.3 Å². The van der Waals surface area contributed by atoms with Gasteiger partial charge in [-0.1, -0.05) is 12.1 Å². The number of hydrogen-bond donors (Lipinski definition) is 0. The van der Waals surface area contributed by atoms with E-state index in [1.807, 2.05) is 25.5 Å². The molecular weight excluding hydrogens is 302 g/mol. The van der Waals surface area contributed by atoms with Gasteiger partial charge in [0.15, 0.2) is 0 Å². The molecule has 0 bridgehead atoms. The molecule has 6 heteroatoms. The molecular formula is C11H14BrN3OS. The fourth-order valence-electron chi connectivity index (χ4n) is 1.66. The molecule has 0 aliphatic heterocycles. The zero-order valence-electron chi connectivity index (χ0n) is 9.98. The summed E-state index contributed by atoms with van der Waals surface area (Å²) in [5.41, 5.74) is 0. The Morgan fingerprint density at radius 1 is 1.53 bits per heavy atom. The normalized spacial score (nSPS) is 13.2. The van der Waals surface area contributed by atoms with Gasteiger partial charge in [0.05, 0.1) is 10.9 Å². The van der Waals surface area contributed by atoms with Crippen molar-refractivity contribution in [1.29, 1.82) is 0 Å². The predicted octanol–water partition coefficient (Wildman–Crippen LogP) is 3.57. The lowest BCUT2D eigenvalue weighted by Gasteiger charge is -2.17. The lowest BCUT2D eigenvalue weighted by Crippen LogP contribution is -2.19. The maximum atomic E-state index is 5.33. The van der Waals surface area contributed by atoms with Gasteiger partial charge in [0.25, 0.3) is 0 Å². The van der Waals surface area contributed by atoms with Gasteiger partial charge in [-0.15, -0.1) is 11.3 Å². The van der Waals surface area contributed by atoms with Crippen LogP contribution in [0.2, 0.25) is 0 Å². The highest BCUT2D eigenvalue weighted by Gasteiger charge is 2.20. The van der Waals surface area contributed by atoms with E-state index in [1.54, 1.807) is 11.3 Å². The molecule has 4 nitrogen and oxygen atoms in total. The molecule has 2 heterocycles. The lowest BCUT2D eigenvalue weighted by atomic mass is 10.2. The van der Waals surface area contributed by atoms with Crippen molar-refractivity contribution in [2.24, 2.45) is 0 Å². The third kappa shape index (κ3) is 2.75. The smallest absolute Gasteiger partial charge is 0.244 e. The number of rotatable bonds is 4. The van der Waals surface area contributed by atoms with Crippen molar-refractivity contribution in [1.82, 2.24) is 15.0 Å². The van der Waals surface area contributed by atoms with E-state index in [4.69, 9.17) is 4.52 Å². The second kappa shape index (κ2) is 5.29. The summed E-state index contributed by atoms with van der Waals surface area (Å²) in [6.07, 6.45) is 0.947. The molecule has 0 radical (unpaired) electrons. The highest BCUT2D eigenvalue weighted by Crippen LogP contribution is 2.29. The summed E-state index contributed by atoms with van der Waals surface area (Å²) in [6, 6.07) is 2.18. The van der Waals surface area contributed by atoms with E-state index in [-0.39, 0.29) is 6.04 Å². The second-order valence-electron chi connectivity index (χ2n) is 3.97. The number of aromatic nitrogens is 2. The van der Waals surface area contributed by atoms with Gasteiger partial charge < -0.3 is 4.52 Å². The standard InChI is InChI=1S/C11H14BrN3OS/c1-4-8(15(2)3)11-13-10(14-16-11)9-5-7(12)6-17-9/h5-6,8H,4H2,1-3H3. The summed E-state index contributed by atoms with van der Waals surface area (Å²) in [6.45, 7) is 2.11. The van der Waals surface area contributed by atoms with Crippen LogP contribution in [0.1, 0.15) is 25.3 Å². The Morgan fingerprint density at radius 3 is 2.82 bits per heavy atom. The Bertz CT molecular complexity index is 494. The Labute approximate surface area is 113 Å². The molecule has 0 aliphatic rings. The Hall–Kier alpha value is -0.720. The van der Waals surface area contributed by atoms with Crippen LogP contribution in [0.4, 0.5) is 0 Å². The molecule has 0 spiro atoms. The van der Waals surface area contributed by atoms with Crippen molar-refractivity contribution in [3.8, 4) is 10.7 Å². The Morgan fingerprint density at radius 2 is 2.29 bits per heavy atom. The van der Waals surface area contributed by atoms with Crippen LogP contribution < -0.4 is 0 Å². The van der Waals surface area contributed by atoms with Gasteiger partial charge in [-0.2, -0.15) is 4.98 Å². The lowest BCUT2D eigenvalue weighted by molar-refractivity contribution is 0.224. The van der Waals surface area contributed by atoms with E-state index >= 15 is 0 Å². The minimum atomic E-state index is 0.180. The number of halogens is 1. The Balaban J connectivity index is 2.26. The van der Waals surface area contributed by atoms with Gasteiger partial charge in [0.2, 0.25) is 11.7 Å². The van der Waals surface area contributed by atoms with E-state index in [1.165, 1.54) is 0 Å². The summed E-state index contributed by atoms with van der Waals surface area (Å²) in [4.78, 5) is 7.56. The van der Waals surface area contributed by atoms with E-state index in [0.717, 1.165) is 15.8 Å². The first kappa shape index (κ1) is 12.7. The number of thiophene rings is 1. The topological polar surface area (TPSA) is 42.2 Å². The van der Waals surface area contributed by atoms with Gasteiger partial charge in [-0.3, -0.25) is 4.90 Å². The Kier molecular flexibility index (Phi) is 3.96. The SMILES string of the molecule is CCC(c1nc(-c2cc(Br)cs2)no1)N(C)C. The molecule has 1 atom stereocenters. The predicted molar refractivity (Wildman–Crippen MR) is 72.0 cm³/mol. The van der Waals surface area contributed by atoms with E-state index in [9.17, 15) is 0 Å². The molecule has 17 heavy (non-hydrogen) atoms. The number of nitrogens with zero attached hydrogens (tertiary/aromatic N) is 3. The van der Waals surface area contributed by atoms with E-state index in [2.05, 4.69) is 37.9 Å². The molecule has 2 aromatic heterocycles. The monoisotopic (exact) mass is 315 g/mol. The minimum Gasteiger partial charge on any atom is -0.337 e. The minimum absolute atomic E-state index is 0.180. The molecule has 0 fully saturated rings. The number of hydrogen-bond acceptors (Lipinski definition) is 5. The van der Waals surface area contributed by atoms with Crippen LogP contribution in [0, 0.1) is 0 Å². The third-order valence-electron chi connectivity index (χ3n) is 2.52. The molecule has 0 saturated carbocycles. The van der Waals surface area contributed by atoms with Crippen molar-refractivity contribution in [2.75, 3.05) is 14.1 Å². The van der Waals surface area contributed by atoms with Crippen LogP contribution in [0.5, 0.6) is 0 Å². The maximum Gasteiger partial charge on any atom is 0.244 e. The van der Waals surface area contributed by atoms with Crippen molar-refractivity contribution < 1.29 is 4.52 Å². The van der Waals surface area contributed by atoms with Gasteiger partial charge >= 0.3 is 0 Å². The van der Waals surface area contributed by atoms with Gasteiger partial charge in [-0.05, 0) is 42.5 Å². The van der Waals surface area contributed by atoms with Gasteiger partial charge in [0, 0.05) is 9.85 Å². The zero-order valence-corrected chi connectivity index (χ0v) is 12.4. The molecule has 92 valence electrons. The molecule has 1 unspecified atom stereocenters. The largest absolute Gasteiger partial charge is 0.337 e. The molecule has 0 N–H and O–H groups in total. The van der Waals surface area contributed by atoms with Gasteiger partial charge in [-0.25, -0.2) is 0 Å². The summed E-state index contributed by atoms with van der Waals surface area (Å²) in [7, 11) is 4.03. The third-order valence-corrected chi connectivity index (χ3v) is 4.21. The van der Waals surface area contributed by atoms with Crippen molar-refractivity contribution in [3.63, 3.8) is 0 Å². The van der Waals surface area contributed by atoms with Crippen LogP contribution in [-0.4, -0.2) is 29.1 Å². The van der Waals surface area contributed by atoms with Crippen LogP contribution >= 0.6 is 27.3 Å². The molecule has 0 aliphatic carbocycles. The molecule has 2 aromatic rings. The van der Waals surface area contributed by atoms with E-state index < -0.39 is 0 Å². The van der Waals surface area contributed by atoms with Crippen LogP contribution in [0.3, 0.4) is 0 Å². The second-order valence-corrected chi connectivity index (χ2v) is 5.80. The molecule has 0 aromatic carbocycles. The van der Waals surface area contributed by atoms with Crippen LogP contribution in [0.25, 0.3) is 10.7 Å². The average Bonchev–Trinajstić information content (AvgIpc) is 2.87. The van der Waals surface area contributed by atoms with Gasteiger partial charge in [0.1, 0.15) is 0 Å². The van der Waals surface area contributed by atoms with E-state index in [0.29, 0.717) is 11.7 Å². The average molecular weight is 316 g/mol. The first-order valence-corrected chi connectivity index (χ1v) is 7.03. The summed E-state index contributed by atoms with van der Waals surface area (Å²) in [5, 5.41) is 6.04. The zero-order chi connectivity index (χ0) is 12.4. The first-order valence-electron chi connectivity index (χ1n) is 5.36. The maximum absolute atomic E-state index is 5.33. The molecule has 0 saturated heterocycles. The fraction of sp³-hybridized carbons (Fsp3) is 0.455. The summed E-state index contributed by atoms with van der Waals surface area (Å²) < 4.78 is 6.38. The summed E-state index contributed by atoms with van der Waals surface area (Å²) >= 11 is 5.02. The first-order chi connectivity index (χ1) is 8.11. The van der Waals surface area contributed by atoms with Crippen molar-refractivity contribution in [3.05, 3.63) is 21.8 Å².